The Labute approximate surface area is 132 Å². The Morgan fingerprint density at radius 1 is 1.05 bits per heavy atom. The van der Waals surface area contributed by atoms with E-state index in [0.717, 1.165) is 5.56 Å². The lowest BCUT2D eigenvalue weighted by molar-refractivity contribution is -0.112. The molecule has 0 aliphatic carbocycles. The van der Waals surface area contributed by atoms with Crippen LogP contribution < -0.4 is 10.6 Å². The van der Waals surface area contributed by atoms with Crippen LogP contribution >= 0.6 is 0 Å². The van der Waals surface area contributed by atoms with E-state index in [1.54, 1.807) is 31.3 Å². The second-order valence-electron chi connectivity index (χ2n) is 4.70. The van der Waals surface area contributed by atoms with E-state index in [4.69, 9.17) is 0 Å². The molecule has 4 nitrogen and oxygen atoms in total. The van der Waals surface area contributed by atoms with Crippen LogP contribution in [0, 0.1) is 6.92 Å². The highest BCUT2D eigenvalue weighted by Crippen LogP contribution is 2.16. The molecule has 0 aromatic heterocycles. The SMILES string of the molecule is CN/C=C(\C(=O)Nc1ccc(C)cc1)S(=O)c1ccccc1. The summed E-state index contributed by atoms with van der Waals surface area (Å²) in [5.41, 5.74) is 1.78. The topological polar surface area (TPSA) is 58.2 Å². The molecule has 0 aliphatic rings. The van der Waals surface area contributed by atoms with Crippen molar-refractivity contribution < 1.29 is 9.00 Å². The average molecular weight is 314 g/mol. The summed E-state index contributed by atoms with van der Waals surface area (Å²) in [6.45, 7) is 1.97. The third-order valence-electron chi connectivity index (χ3n) is 2.97. The lowest BCUT2D eigenvalue weighted by Crippen LogP contribution is -2.19. The number of anilines is 1. The van der Waals surface area contributed by atoms with E-state index >= 15 is 0 Å². The molecule has 2 aromatic carbocycles. The number of carbonyl (C=O) groups is 1. The van der Waals surface area contributed by atoms with Gasteiger partial charge in [-0.05, 0) is 31.2 Å². The second kappa shape index (κ2) is 7.56. The fourth-order valence-corrected chi connectivity index (χ4v) is 2.94. The molecule has 2 rings (SSSR count). The van der Waals surface area contributed by atoms with Crippen LogP contribution in [0.1, 0.15) is 5.56 Å². The smallest absolute Gasteiger partial charge is 0.266 e. The van der Waals surface area contributed by atoms with Gasteiger partial charge < -0.3 is 10.6 Å². The third-order valence-corrected chi connectivity index (χ3v) is 4.37. The second-order valence-corrected chi connectivity index (χ2v) is 6.15. The molecule has 0 bridgehead atoms. The van der Waals surface area contributed by atoms with Gasteiger partial charge in [0, 0.05) is 23.8 Å². The van der Waals surface area contributed by atoms with Gasteiger partial charge in [-0.3, -0.25) is 4.79 Å². The maximum Gasteiger partial charge on any atom is 0.266 e. The lowest BCUT2D eigenvalue weighted by Gasteiger charge is -2.09. The van der Waals surface area contributed by atoms with Gasteiger partial charge in [-0.1, -0.05) is 35.9 Å². The van der Waals surface area contributed by atoms with Crippen LogP contribution in [-0.4, -0.2) is 17.2 Å². The third kappa shape index (κ3) is 4.05. The standard InChI is InChI=1S/C17H18N2O2S/c1-13-8-10-14(11-9-13)19-17(20)16(12-18-2)22(21)15-6-4-3-5-7-15/h3-12,18H,1-2H3,(H,19,20)/b16-12+. The molecule has 0 spiro atoms. The summed E-state index contributed by atoms with van der Waals surface area (Å²) in [5.74, 6) is -0.389. The lowest BCUT2D eigenvalue weighted by atomic mass is 10.2. The highest BCUT2D eigenvalue weighted by atomic mass is 32.2. The largest absolute Gasteiger partial charge is 0.393 e. The monoisotopic (exact) mass is 314 g/mol. The number of nitrogens with one attached hydrogen (secondary N) is 2. The number of rotatable bonds is 5. The zero-order chi connectivity index (χ0) is 15.9. The molecule has 0 aliphatic heterocycles. The summed E-state index contributed by atoms with van der Waals surface area (Å²) >= 11 is 0. The first-order chi connectivity index (χ1) is 10.6. The van der Waals surface area contributed by atoms with E-state index in [-0.39, 0.29) is 10.8 Å². The van der Waals surface area contributed by atoms with Crippen molar-refractivity contribution in [3.63, 3.8) is 0 Å². The van der Waals surface area contributed by atoms with Gasteiger partial charge in [0.2, 0.25) is 0 Å². The van der Waals surface area contributed by atoms with Crippen LogP contribution in [0.2, 0.25) is 0 Å². The number of hydrogen-bond donors (Lipinski definition) is 2. The molecule has 0 heterocycles. The Bertz CT molecular complexity index is 694. The Kier molecular flexibility index (Phi) is 5.49. The average Bonchev–Trinajstić information content (AvgIpc) is 2.55. The van der Waals surface area contributed by atoms with E-state index in [9.17, 15) is 9.00 Å². The predicted molar refractivity (Wildman–Crippen MR) is 89.8 cm³/mol. The quantitative estimate of drug-likeness (QED) is 0.834. The van der Waals surface area contributed by atoms with E-state index in [1.807, 2.05) is 37.3 Å². The summed E-state index contributed by atoms with van der Waals surface area (Å²) in [5, 5.41) is 5.54. The van der Waals surface area contributed by atoms with Crippen LogP contribution in [0.4, 0.5) is 5.69 Å². The Morgan fingerprint density at radius 3 is 2.27 bits per heavy atom. The summed E-state index contributed by atoms with van der Waals surface area (Å²) < 4.78 is 12.6. The van der Waals surface area contributed by atoms with Gasteiger partial charge in [0.25, 0.3) is 5.91 Å². The molecule has 0 fully saturated rings. The van der Waals surface area contributed by atoms with Crippen molar-refractivity contribution in [1.82, 2.24) is 5.32 Å². The van der Waals surface area contributed by atoms with Crippen molar-refractivity contribution in [3.8, 4) is 0 Å². The molecule has 0 radical (unpaired) electrons. The van der Waals surface area contributed by atoms with Crippen LogP contribution in [0.25, 0.3) is 0 Å². The molecule has 5 heteroatoms. The van der Waals surface area contributed by atoms with Gasteiger partial charge in [-0.25, -0.2) is 4.21 Å². The normalized spacial score (nSPS) is 12.5. The van der Waals surface area contributed by atoms with Crippen molar-refractivity contribution in [2.45, 2.75) is 11.8 Å². The van der Waals surface area contributed by atoms with Crippen LogP contribution in [-0.2, 0) is 15.6 Å². The summed E-state index contributed by atoms with van der Waals surface area (Å²) in [7, 11) is 0.125. The molecule has 114 valence electrons. The zero-order valence-corrected chi connectivity index (χ0v) is 13.3. The molecule has 1 amide bonds. The predicted octanol–water partition coefficient (Wildman–Crippen LogP) is 2.80. The highest BCUT2D eigenvalue weighted by Gasteiger charge is 2.18. The van der Waals surface area contributed by atoms with Gasteiger partial charge in [0.05, 0.1) is 10.8 Å². The van der Waals surface area contributed by atoms with Gasteiger partial charge in [-0.2, -0.15) is 0 Å². The molecule has 1 atom stereocenters. The molecular weight excluding hydrogens is 296 g/mol. The minimum absolute atomic E-state index is 0.175. The molecule has 0 saturated heterocycles. The maximum absolute atomic E-state index is 12.6. The fraction of sp³-hybridized carbons (Fsp3) is 0.118. The van der Waals surface area contributed by atoms with Crippen LogP contribution in [0.3, 0.4) is 0 Å². The first-order valence-electron chi connectivity index (χ1n) is 6.84. The molecule has 1 unspecified atom stereocenters. The van der Waals surface area contributed by atoms with Crippen molar-refractivity contribution in [3.05, 3.63) is 71.3 Å². The van der Waals surface area contributed by atoms with Crippen molar-refractivity contribution >= 4 is 22.4 Å². The fourth-order valence-electron chi connectivity index (χ4n) is 1.84. The number of benzene rings is 2. The van der Waals surface area contributed by atoms with Crippen molar-refractivity contribution in [2.24, 2.45) is 0 Å². The minimum Gasteiger partial charge on any atom is -0.393 e. The van der Waals surface area contributed by atoms with Gasteiger partial charge >= 0.3 is 0 Å². The number of aryl methyl sites for hydroxylation is 1. The summed E-state index contributed by atoms with van der Waals surface area (Å²) in [6.07, 6.45) is 1.46. The van der Waals surface area contributed by atoms with Crippen molar-refractivity contribution in [1.29, 1.82) is 0 Å². The first kappa shape index (κ1) is 16.0. The zero-order valence-electron chi connectivity index (χ0n) is 12.5. The summed E-state index contributed by atoms with van der Waals surface area (Å²) in [4.78, 5) is 13.2. The highest BCUT2D eigenvalue weighted by molar-refractivity contribution is 7.90. The molecular formula is C17H18N2O2S. The van der Waals surface area contributed by atoms with Crippen molar-refractivity contribution in [2.75, 3.05) is 12.4 Å². The first-order valence-corrected chi connectivity index (χ1v) is 7.99. The van der Waals surface area contributed by atoms with Gasteiger partial charge in [-0.15, -0.1) is 0 Å². The number of amides is 1. The molecule has 0 saturated carbocycles. The van der Waals surface area contributed by atoms with E-state index < -0.39 is 10.8 Å². The number of hydrogen-bond acceptors (Lipinski definition) is 3. The summed E-state index contributed by atoms with van der Waals surface area (Å²) in [6, 6.07) is 16.3. The van der Waals surface area contributed by atoms with E-state index in [2.05, 4.69) is 10.6 Å². The van der Waals surface area contributed by atoms with Gasteiger partial charge in [0.1, 0.15) is 4.91 Å². The Hall–Kier alpha value is -2.40. The maximum atomic E-state index is 12.6. The Balaban J connectivity index is 2.21. The van der Waals surface area contributed by atoms with Gasteiger partial charge in [0.15, 0.2) is 0 Å². The molecule has 2 N–H and O–H groups in total. The van der Waals surface area contributed by atoms with E-state index in [0.29, 0.717) is 10.6 Å². The van der Waals surface area contributed by atoms with Crippen LogP contribution in [0.15, 0.2) is 70.6 Å². The van der Waals surface area contributed by atoms with E-state index in [1.165, 1.54) is 6.20 Å². The molecule has 22 heavy (non-hydrogen) atoms. The van der Waals surface area contributed by atoms with Crippen LogP contribution in [0.5, 0.6) is 0 Å². The Morgan fingerprint density at radius 2 is 1.68 bits per heavy atom. The number of carbonyl (C=O) groups excluding carboxylic acids is 1. The minimum atomic E-state index is -1.54. The molecule has 2 aromatic rings.